The lowest BCUT2D eigenvalue weighted by Crippen LogP contribution is -2.29. The molecule has 0 saturated carbocycles. The maximum absolute atomic E-state index is 11.6. The van der Waals surface area contributed by atoms with E-state index >= 15 is 0 Å². The van der Waals surface area contributed by atoms with Crippen LogP contribution >= 0.6 is 23.4 Å². The minimum Gasteiger partial charge on any atom is -0.478 e. The number of carboxylic acids is 1. The van der Waals surface area contributed by atoms with Gasteiger partial charge in [-0.3, -0.25) is 0 Å². The largest absolute Gasteiger partial charge is 0.478 e. The Hall–Kier alpha value is -1.40. The Balaban J connectivity index is 2.49. The van der Waals surface area contributed by atoms with Gasteiger partial charge in [-0.15, -0.1) is 0 Å². The highest BCUT2D eigenvalue weighted by Gasteiger charge is 2.09. The topological polar surface area (TPSA) is 78.4 Å². The first kappa shape index (κ1) is 16.7. The summed E-state index contributed by atoms with van der Waals surface area (Å²) in [6.07, 6.45) is 3.98. The van der Waals surface area contributed by atoms with E-state index in [1.807, 2.05) is 6.26 Å². The van der Waals surface area contributed by atoms with Gasteiger partial charge < -0.3 is 15.7 Å². The van der Waals surface area contributed by atoms with Crippen LogP contribution in [0.1, 0.15) is 23.2 Å². The minimum atomic E-state index is -1.07. The van der Waals surface area contributed by atoms with Crippen LogP contribution in [-0.4, -0.2) is 35.7 Å². The SMILES string of the molecule is CSCCCCNC(=O)Nc1cc(C(=O)O)ccc1Cl. The van der Waals surface area contributed by atoms with E-state index in [9.17, 15) is 9.59 Å². The number of rotatable bonds is 7. The summed E-state index contributed by atoms with van der Waals surface area (Å²) in [4.78, 5) is 22.5. The molecule has 0 aliphatic rings. The number of amides is 2. The molecule has 0 unspecified atom stereocenters. The van der Waals surface area contributed by atoms with Crippen molar-refractivity contribution in [2.75, 3.05) is 23.9 Å². The molecule has 1 rings (SSSR count). The molecule has 0 aliphatic heterocycles. The lowest BCUT2D eigenvalue weighted by Gasteiger charge is -2.09. The summed E-state index contributed by atoms with van der Waals surface area (Å²) in [5.41, 5.74) is 0.359. The van der Waals surface area contributed by atoms with Gasteiger partial charge in [0.25, 0.3) is 0 Å². The van der Waals surface area contributed by atoms with Gasteiger partial charge in [0.1, 0.15) is 0 Å². The van der Waals surface area contributed by atoms with Gasteiger partial charge in [-0.25, -0.2) is 9.59 Å². The van der Waals surface area contributed by atoms with Crippen LogP contribution in [0.4, 0.5) is 10.5 Å². The van der Waals surface area contributed by atoms with Gasteiger partial charge >= 0.3 is 12.0 Å². The van der Waals surface area contributed by atoms with Crippen LogP contribution in [0.25, 0.3) is 0 Å². The number of hydrogen-bond acceptors (Lipinski definition) is 3. The second-order valence-electron chi connectivity index (χ2n) is 4.08. The summed E-state index contributed by atoms with van der Waals surface area (Å²) < 4.78 is 0. The molecule has 0 atom stereocenters. The molecule has 0 aromatic heterocycles. The molecule has 0 aliphatic carbocycles. The zero-order valence-corrected chi connectivity index (χ0v) is 12.7. The predicted molar refractivity (Wildman–Crippen MR) is 83.0 cm³/mol. The molecular weight excluding hydrogens is 300 g/mol. The van der Waals surface area contributed by atoms with Gasteiger partial charge in [-0.1, -0.05) is 11.6 Å². The molecule has 0 radical (unpaired) electrons. The third-order valence-electron chi connectivity index (χ3n) is 2.52. The molecule has 0 heterocycles. The first-order valence-electron chi connectivity index (χ1n) is 6.11. The Morgan fingerprint density at radius 2 is 2.10 bits per heavy atom. The Morgan fingerprint density at radius 1 is 1.35 bits per heavy atom. The second kappa shape index (κ2) is 8.71. The van der Waals surface area contributed by atoms with Crippen LogP contribution in [0.2, 0.25) is 5.02 Å². The first-order valence-corrected chi connectivity index (χ1v) is 7.88. The van der Waals surface area contributed by atoms with Crippen molar-refractivity contribution in [3.05, 3.63) is 28.8 Å². The number of benzene rings is 1. The molecule has 1 aromatic rings. The second-order valence-corrected chi connectivity index (χ2v) is 5.47. The molecule has 0 fully saturated rings. The van der Waals surface area contributed by atoms with Crippen molar-refractivity contribution in [1.82, 2.24) is 5.32 Å². The lowest BCUT2D eigenvalue weighted by molar-refractivity contribution is 0.0697. The standard InChI is InChI=1S/C13H17ClN2O3S/c1-20-7-3-2-6-15-13(19)16-11-8-9(12(17)18)4-5-10(11)14/h4-5,8H,2-3,6-7H2,1H3,(H,17,18)(H2,15,16,19). The van der Waals surface area contributed by atoms with E-state index in [4.69, 9.17) is 16.7 Å². The number of carbonyl (C=O) groups excluding carboxylic acids is 1. The molecule has 0 spiro atoms. The van der Waals surface area contributed by atoms with Gasteiger partial charge in [0.2, 0.25) is 0 Å². The Morgan fingerprint density at radius 3 is 2.75 bits per heavy atom. The van der Waals surface area contributed by atoms with Crippen molar-refractivity contribution in [3.63, 3.8) is 0 Å². The quantitative estimate of drug-likeness (QED) is 0.674. The molecule has 1 aromatic carbocycles. The predicted octanol–water partition coefficient (Wildman–Crippen LogP) is 3.30. The number of urea groups is 1. The Kier molecular flexibility index (Phi) is 7.25. The number of nitrogens with one attached hydrogen (secondary N) is 2. The van der Waals surface area contributed by atoms with Gasteiger partial charge in [0, 0.05) is 6.54 Å². The number of thioether (sulfide) groups is 1. The maximum Gasteiger partial charge on any atom is 0.335 e. The number of halogens is 1. The van der Waals surface area contributed by atoms with Crippen LogP contribution in [0.3, 0.4) is 0 Å². The van der Waals surface area contributed by atoms with Crippen LogP contribution in [0.5, 0.6) is 0 Å². The fourth-order valence-electron chi connectivity index (χ4n) is 1.49. The van der Waals surface area contributed by atoms with Crippen molar-refractivity contribution < 1.29 is 14.7 Å². The van der Waals surface area contributed by atoms with Crippen molar-refractivity contribution in [2.45, 2.75) is 12.8 Å². The summed E-state index contributed by atoms with van der Waals surface area (Å²) in [7, 11) is 0. The van der Waals surface area contributed by atoms with Gasteiger partial charge in [-0.05, 0) is 43.0 Å². The summed E-state index contributed by atoms with van der Waals surface area (Å²) >= 11 is 7.68. The Bertz CT molecular complexity index is 483. The number of unbranched alkanes of at least 4 members (excludes halogenated alkanes) is 1. The van der Waals surface area contributed by atoms with Gasteiger partial charge in [0.05, 0.1) is 16.3 Å². The number of anilines is 1. The smallest absolute Gasteiger partial charge is 0.335 e. The van der Waals surface area contributed by atoms with E-state index in [1.54, 1.807) is 11.8 Å². The van der Waals surface area contributed by atoms with Crippen LogP contribution < -0.4 is 10.6 Å². The minimum absolute atomic E-state index is 0.0738. The normalized spacial score (nSPS) is 10.1. The van der Waals surface area contributed by atoms with E-state index in [1.165, 1.54) is 18.2 Å². The van der Waals surface area contributed by atoms with E-state index in [2.05, 4.69) is 10.6 Å². The van der Waals surface area contributed by atoms with Crippen LogP contribution in [0.15, 0.2) is 18.2 Å². The number of carbonyl (C=O) groups is 2. The summed E-state index contributed by atoms with van der Waals surface area (Å²) in [6.45, 7) is 0.572. The molecule has 5 nitrogen and oxygen atoms in total. The zero-order chi connectivity index (χ0) is 15.0. The third kappa shape index (κ3) is 5.71. The zero-order valence-electron chi connectivity index (χ0n) is 11.1. The number of hydrogen-bond donors (Lipinski definition) is 3. The van der Waals surface area contributed by atoms with Crippen molar-refractivity contribution >= 4 is 41.1 Å². The molecule has 0 bridgehead atoms. The molecule has 110 valence electrons. The first-order chi connectivity index (χ1) is 9.54. The molecule has 2 amide bonds. The van der Waals surface area contributed by atoms with E-state index in [-0.39, 0.29) is 11.3 Å². The Labute approximate surface area is 127 Å². The number of carboxylic acid groups (broad SMARTS) is 1. The van der Waals surface area contributed by atoms with Crippen molar-refractivity contribution in [1.29, 1.82) is 0 Å². The van der Waals surface area contributed by atoms with E-state index in [0.717, 1.165) is 18.6 Å². The molecule has 7 heteroatoms. The monoisotopic (exact) mass is 316 g/mol. The van der Waals surface area contributed by atoms with E-state index < -0.39 is 12.0 Å². The van der Waals surface area contributed by atoms with Gasteiger partial charge in [0.15, 0.2) is 0 Å². The van der Waals surface area contributed by atoms with Crippen LogP contribution in [0, 0.1) is 0 Å². The highest BCUT2D eigenvalue weighted by atomic mass is 35.5. The molecule has 0 saturated heterocycles. The highest BCUT2D eigenvalue weighted by molar-refractivity contribution is 7.98. The number of aromatic carboxylic acids is 1. The summed E-state index contributed by atoms with van der Waals surface area (Å²) in [5, 5.41) is 14.4. The molecule has 20 heavy (non-hydrogen) atoms. The lowest BCUT2D eigenvalue weighted by atomic mass is 10.2. The fraction of sp³-hybridized carbons (Fsp3) is 0.385. The van der Waals surface area contributed by atoms with Gasteiger partial charge in [-0.2, -0.15) is 11.8 Å². The van der Waals surface area contributed by atoms with E-state index in [0.29, 0.717) is 11.6 Å². The van der Waals surface area contributed by atoms with Crippen molar-refractivity contribution in [3.8, 4) is 0 Å². The highest BCUT2D eigenvalue weighted by Crippen LogP contribution is 2.22. The maximum atomic E-state index is 11.6. The fourth-order valence-corrected chi connectivity index (χ4v) is 2.15. The average Bonchev–Trinajstić information content (AvgIpc) is 2.40. The molecular formula is C13H17ClN2O3S. The molecule has 3 N–H and O–H groups in total. The van der Waals surface area contributed by atoms with Crippen LogP contribution in [-0.2, 0) is 0 Å². The third-order valence-corrected chi connectivity index (χ3v) is 3.55. The average molecular weight is 317 g/mol. The summed E-state index contributed by atoms with van der Waals surface area (Å²) in [6, 6.07) is 3.77. The van der Waals surface area contributed by atoms with Crippen molar-refractivity contribution in [2.24, 2.45) is 0 Å². The summed E-state index contributed by atoms with van der Waals surface area (Å²) in [5.74, 6) is -0.00215.